The lowest BCUT2D eigenvalue weighted by Gasteiger charge is -2.38. The second kappa shape index (κ2) is 10.4. The average Bonchev–Trinajstić information content (AvgIpc) is 2.91. The molecule has 0 aliphatic carbocycles. The number of methoxy groups -OCH3 is 1. The van der Waals surface area contributed by atoms with Gasteiger partial charge in [0.2, 0.25) is 0 Å². The second-order valence-corrected chi connectivity index (χ2v) is 9.54. The Hall–Kier alpha value is -3.27. The van der Waals surface area contributed by atoms with Gasteiger partial charge in [-0.25, -0.2) is 0 Å². The SMILES string of the molecule is COc1c([C@@H]2OC[C@@H](O)[C@@H](O)[C@H]2O)c(O)c2c(=O)cc(-c3ccc(O)cc3)oc2c1[C@@H]1OC[C@H](O)[C@H](O)[C@@H]1O. The van der Waals surface area contributed by atoms with Gasteiger partial charge in [-0.1, -0.05) is 0 Å². The molecule has 39 heavy (non-hydrogen) atoms. The maximum absolute atomic E-state index is 13.4. The number of aliphatic hydroxyl groups excluding tert-OH is 6. The molecule has 0 radical (unpaired) electrons. The van der Waals surface area contributed by atoms with E-state index in [9.17, 15) is 45.6 Å². The molecule has 0 unspecified atom stereocenters. The van der Waals surface area contributed by atoms with E-state index in [-0.39, 0.29) is 34.0 Å². The first-order chi connectivity index (χ1) is 18.5. The summed E-state index contributed by atoms with van der Waals surface area (Å²) < 4.78 is 22.8. The molecule has 3 aromatic rings. The van der Waals surface area contributed by atoms with Crippen LogP contribution < -0.4 is 10.2 Å². The van der Waals surface area contributed by atoms with Gasteiger partial charge < -0.3 is 59.5 Å². The average molecular weight is 548 g/mol. The lowest BCUT2D eigenvalue weighted by Crippen LogP contribution is -2.49. The van der Waals surface area contributed by atoms with Crippen molar-refractivity contribution in [3.05, 3.63) is 51.7 Å². The fourth-order valence-corrected chi connectivity index (χ4v) is 5.03. The number of aliphatic hydroxyl groups is 6. The predicted octanol–water partition coefficient (Wildman–Crippen LogP) is -0.812. The van der Waals surface area contributed by atoms with E-state index in [0.29, 0.717) is 5.56 Å². The molecular formula is C26H28O13. The van der Waals surface area contributed by atoms with Gasteiger partial charge in [0.1, 0.15) is 77.2 Å². The molecule has 2 fully saturated rings. The quantitative estimate of drug-likeness (QED) is 0.200. The molecule has 0 bridgehead atoms. The zero-order chi connectivity index (χ0) is 28.2. The summed E-state index contributed by atoms with van der Waals surface area (Å²) in [4.78, 5) is 13.4. The van der Waals surface area contributed by atoms with E-state index in [1.54, 1.807) is 0 Å². The van der Waals surface area contributed by atoms with Crippen LogP contribution in [0.5, 0.6) is 17.2 Å². The van der Waals surface area contributed by atoms with E-state index in [1.807, 2.05) is 0 Å². The van der Waals surface area contributed by atoms with Crippen LogP contribution in [0, 0.1) is 0 Å². The molecule has 8 N–H and O–H groups in total. The molecule has 0 saturated carbocycles. The van der Waals surface area contributed by atoms with Crippen LogP contribution >= 0.6 is 0 Å². The van der Waals surface area contributed by atoms with Crippen LogP contribution in [0.3, 0.4) is 0 Å². The minimum Gasteiger partial charge on any atom is -0.508 e. The summed E-state index contributed by atoms with van der Waals surface area (Å²) in [5, 5.41) is 82.7. The minimum absolute atomic E-state index is 0.0151. The highest BCUT2D eigenvalue weighted by Gasteiger charge is 2.46. The van der Waals surface area contributed by atoms with Crippen LogP contribution in [0.4, 0.5) is 0 Å². The highest BCUT2D eigenvalue weighted by Crippen LogP contribution is 2.50. The van der Waals surface area contributed by atoms with Crippen molar-refractivity contribution in [1.29, 1.82) is 0 Å². The highest BCUT2D eigenvalue weighted by molar-refractivity contribution is 5.92. The van der Waals surface area contributed by atoms with E-state index in [2.05, 4.69) is 0 Å². The molecule has 210 valence electrons. The van der Waals surface area contributed by atoms with Crippen molar-refractivity contribution >= 4 is 11.0 Å². The summed E-state index contributed by atoms with van der Waals surface area (Å²) in [6, 6.07) is 6.79. The van der Waals surface area contributed by atoms with Crippen molar-refractivity contribution in [3.63, 3.8) is 0 Å². The predicted molar refractivity (Wildman–Crippen MR) is 131 cm³/mol. The molecule has 5 rings (SSSR count). The fraction of sp³-hybridized carbons (Fsp3) is 0.423. The van der Waals surface area contributed by atoms with Gasteiger partial charge in [-0.3, -0.25) is 4.79 Å². The summed E-state index contributed by atoms with van der Waals surface area (Å²) in [5.74, 6) is -0.987. The van der Waals surface area contributed by atoms with Crippen LogP contribution in [-0.2, 0) is 9.47 Å². The summed E-state index contributed by atoms with van der Waals surface area (Å²) in [6.07, 6.45) is -12.7. The van der Waals surface area contributed by atoms with Crippen molar-refractivity contribution in [1.82, 2.24) is 0 Å². The maximum atomic E-state index is 13.4. The number of phenols is 2. The Kier molecular flexibility index (Phi) is 7.26. The van der Waals surface area contributed by atoms with Crippen LogP contribution in [-0.4, -0.2) is 97.8 Å². The van der Waals surface area contributed by atoms with Gasteiger partial charge in [0.25, 0.3) is 0 Å². The normalized spacial score (nSPS) is 31.4. The van der Waals surface area contributed by atoms with E-state index in [1.165, 1.54) is 31.4 Å². The monoisotopic (exact) mass is 548 g/mol. The van der Waals surface area contributed by atoms with Crippen molar-refractivity contribution in [2.24, 2.45) is 0 Å². The van der Waals surface area contributed by atoms with Crippen molar-refractivity contribution in [2.75, 3.05) is 20.3 Å². The van der Waals surface area contributed by atoms with Gasteiger partial charge in [0, 0.05) is 11.6 Å². The van der Waals surface area contributed by atoms with Gasteiger partial charge in [-0.05, 0) is 24.3 Å². The van der Waals surface area contributed by atoms with Gasteiger partial charge in [0.15, 0.2) is 11.0 Å². The zero-order valence-corrected chi connectivity index (χ0v) is 20.5. The lowest BCUT2D eigenvalue weighted by molar-refractivity contribution is -0.191. The number of aromatic hydroxyl groups is 2. The maximum Gasteiger partial charge on any atom is 0.197 e. The highest BCUT2D eigenvalue weighted by atomic mass is 16.5. The number of benzene rings is 2. The number of fused-ring (bicyclic) bond motifs is 1. The van der Waals surface area contributed by atoms with Crippen molar-refractivity contribution < 1.29 is 59.5 Å². The van der Waals surface area contributed by atoms with E-state index >= 15 is 0 Å². The summed E-state index contributed by atoms with van der Waals surface area (Å²) >= 11 is 0. The molecule has 2 aromatic carbocycles. The second-order valence-electron chi connectivity index (χ2n) is 9.54. The fourth-order valence-electron chi connectivity index (χ4n) is 5.03. The standard InChI is InChI=1S/C26H28O13/c1-36-23-16(25-21(34)18(31)12(29)7-37-25)20(33)15-11(28)6-14(9-2-4-10(27)5-3-9)39-24(15)17(23)26-22(35)19(32)13(30)8-38-26/h2-6,12-13,18-19,21-22,25-27,29-35H,7-8H2,1H3/t12-,13+,18-,19+,21-,22+,25+,26+/m1/s1. The number of rotatable bonds is 4. The number of hydrogen-bond donors (Lipinski definition) is 8. The lowest BCUT2D eigenvalue weighted by atomic mass is 9.86. The van der Waals surface area contributed by atoms with Gasteiger partial charge in [-0.2, -0.15) is 0 Å². The molecule has 2 aliphatic heterocycles. The molecule has 8 atom stereocenters. The first-order valence-corrected chi connectivity index (χ1v) is 12.1. The Bertz CT molecular complexity index is 1420. The van der Waals surface area contributed by atoms with Crippen LogP contribution in [0.25, 0.3) is 22.3 Å². The van der Waals surface area contributed by atoms with Crippen LogP contribution in [0.1, 0.15) is 23.3 Å². The zero-order valence-electron chi connectivity index (χ0n) is 20.5. The summed E-state index contributed by atoms with van der Waals surface area (Å²) in [6.45, 7) is -0.847. The molecule has 2 saturated heterocycles. The molecule has 13 heteroatoms. The Morgan fingerprint density at radius 3 is 1.87 bits per heavy atom. The first kappa shape index (κ1) is 27.3. The van der Waals surface area contributed by atoms with Crippen molar-refractivity contribution in [2.45, 2.75) is 48.8 Å². The molecule has 2 aliphatic rings. The Morgan fingerprint density at radius 2 is 1.33 bits per heavy atom. The third-order valence-electron chi connectivity index (χ3n) is 7.10. The summed E-state index contributed by atoms with van der Waals surface area (Å²) in [7, 11) is 1.19. The number of hydrogen-bond acceptors (Lipinski definition) is 13. The van der Waals surface area contributed by atoms with Crippen LogP contribution in [0.15, 0.2) is 39.5 Å². The summed E-state index contributed by atoms with van der Waals surface area (Å²) in [5.41, 5.74) is -1.10. The van der Waals surface area contributed by atoms with Crippen molar-refractivity contribution in [3.8, 4) is 28.6 Å². The van der Waals surface area contributed by atoms with E-state index < -0.39 is 78.6 Å². The molecule has 0 spiro atoms. The smallest absolute Gasteiger partial charge is 0.197 e. The van der Waals surface area contributed by atoms with Crippen LogP contribution in [0.2, 0.25) is 0 Å². The number of phenolic OH excluding ortho intramolecular Hbond substituents is 2. The molecule has 13 nitrogen and oxygen atoms in total. The molecule has 3 heterocycles. The Balaban J connectivity index is 1.83. The third-order valence-corrected chi connectivity index (χ3v) is 7.10. The van der Waals surface area contributed by atoms with Gasteiger partial charge in [-0.15, -0.1) is 0 Å². The molecule has 0 amide bonds. The largest absolute Gasteiger partial charge is 0.508 e. The van der Waals surface area contributed by atoms with E-state index in [4.69, 9.17) is 18.6 Å². The first-order valence-electron chi connectivity index (χ1n) is 12.1. The topological polar surface area (TPSA) is 220 Å². The third kappa shape index (κ3) is 4.52. The number of ether oxygens (including phenoxy) is 3. The van der Waals surface area contributed by atoms with E-state index in [0.717, 1.165) is 6.07 Å². The Labute approximate surface area is 220 Å². The van der Waals surface area contributed by atoms with Gasteiger partial charge >= 0.3 is 0 Å². The molecular weight excluding hydrogens is 520 g/mol. The minimum atomic E-state index is -1.77. The molecule has 1 aromatic heterocycles. The Morgan fingerprint density at radius 1 is 0.795 bits per heavy atom. The van der Waals surface area contributed by atoms with Gasteiger partial charge in [0.05, 0.1) is 31.5 Å².